The van der Waals surface area contributed by atoms with E-state index in [1.807, 2.05) is 18.2 Å². The molecular weight excluding hydrogens is 216 g/mol. The number of rotatable bonds is 4. The van der Waals surface area contributed by atoms with Crippen LogP contribution in [-0.4, -0.2) is 30.8 Å². The molecule has 0 bridgehead atoms. The SMILES string of the molecule is CNC(O)CCN1C(=O)CCc2ccccc21. The van der Waals surface area contributed by atoms with Gasteiger partial charge in [-0.25, -0.2) is 0 Å². The number of amides is 1. The second-order valence-corrected chi connectivity index (χ2v) is 4.27. The van der Waals surface area contributed by atoms with Crippen LogP contribution in [0.4, 0.5) is 5.69 Å². The number of aliphatic hydroxyl groups excluding tert-OH is 1. The highest BCUT2D eigenvalue weighted by molar-refractivity contribution is 5.96. The maximum absolute atomic E-state index is 11.9. The number of hydrogen-bond acceptors (Lipinski definition) is 3. The molecule has 92 valence electrons. The van der Waals surface area contributed by atoms with Crippen molar-refractivity contribution in [3.8, 4) is 0 Å². The highest BCUT2D eigenvalue weighted by Gasteiger charge is 2.23. The van der Waals surface area contributed by atoms with Gasteiger partial charge in [-0.3, -0.25) is 10.1 Å². The Bertz CT molecular complexity index is 406. The fourth-order valence-electron chi connectivity index (χ4n) is 2.14. The van der Waals surface area contributed by atoms with E-state index in [1.165, 1.54) is 5.56 Å². The summed E-state index contributed by atoms with van der Waals surface area (Å²) in [5.41, 5.74) is 2.21. The summed E-state index contributed by atoms with van der Waals surface area (Å²) in [4.78, 5) is 13.7. The maximum Gasteiger partial charge on any atom is 0.227 e. The zero-order valence-electron chi connectivity index (χ0n) is 10.0. The van der Waals surface area contributed by atoms with Crippen molar-refractivity contribution < 1.29 is 9.90 Å². The summed E-state index contributed by atoms with van der Waals surface area (Å²) in [6, 6.07) is 7.97. The molecule has 0 saturated carbocycles. The molecule has 0 spiro atoms. The van der Waals surface area contributed by atoms with Crippen molar-refractivity contribution in [3.63, 3.8) is 0 Å². The molecule has 1 aliphatic heterocycles. The monoisotopic (exact) mass is 234 g/mol. The van der Waals surface area contributed by atoms with Crippen LogP contribution < -0.4 is 10.2 Å². The molecule has 1 aromatic carbocycles. The second-order valence-electron chi connectivity index (χ2n) is 4.27. The van der Waals surface area contributed by atoms with Gasteiger partial charge in [0.15, 0.2) is 0 Å². The zero-order chi connectivity index (χ0) is 12.3. The molecule has 0 radical (unpaired) electrons. The lowest BCUT2D eigenvalue weighted by Gasteiger charge is -2.30. The highest BCUT2D eigenvalue weighted by Crippen LogP contribution is 2.27. The van der Waals surface area contributed by atoms with Gasteiger partial charge in [-0.1, -0.05) is 18.2 Å². The lowest BCUT2D eigenvalue weighted by Crippen LogP contribution is -2.38. The number of carbonyl (C=O) groups excluding carboxylic acids is 1. The van der Waals surface area contributed by atoms with Gasteiger partial charge in [-0.2, -0.15) is 0 Å². The predicted octanol–water partition coefficient (Wildman–Crippen LogP) is 0.894. The number of aryl methyl sites for hydroxylation is 1. The van der Waals surface area contributed by atoms with Crippen molar-refractivity contribution in [2.24, 2.45) is 0 Å². The molecule has 2 N–H and O–H groups in total. The summed E-state index contributed by atoms with van der Waals surface area (Å²) in [5.74, 6) is 0.145. The number of hydrogen-bond donors (Lipinski definition) is 2. The smallest absolute Gasteiger partial charge is 0.227 e. The maximum atomic E-state index is 11.9. The Morgan fingerprint density at radius 3 is 2.94 bits per heavy atom. The van der Waals surface area contributed by atoms with E-state index in [1.54, 1.807) is 11.9 Å². The second kappa shape index (κ2) is 5.29. The molecule has 17 heavy (non-hydrogen) atoms. The Kier molecular flexibility index (Phi) is 3.76. The Labute approximate surface area is 101 Å². The van der Waals surface area contributed by atoms with Gasteiger partial charge in [0.05, 0.1) is 0 Å². The van der Waals surface area contributed by atoms with Crippen molar-refractivity contribution in [1.29, 1.82) is 0 Å². The van der Waals surface area contributed by atoms with Crippen LogP contribution in [0.15, 0.2) is 24.3 Å². The van der Waals surface area contributed by atoms with Gasteiger partial charge < -0.3 is 10.0 Å². The molecule has 4 heteroatoms. The standard InChI is InChI=1S/C13H18N2O2/c1-14-12(16)8-9-15-11-5-3-2-4-10(11)6-7-13(15)17/h2-5,12,14,16H,6-9H2,1H3. The minimum absolute atomic E-state index is 0.145. The topological polar surface area (TPSA) is 52.6 Å². The fourth-order valence-corrected chi connectivity index (χ4v) is 2.14. The molecule has 2 rings (SSSR count). The lowest BCUT2D eigenvalue weighted by molar-refractivity contribution is -0.119. The van der Waals surface area contributed by atoms with Crippen LogP contribution in [0, 0.1) is 0 Å². The molecular formula is C13H18N2O2. The van der Waals surface area contributed by atoms with Crippen molar-refractivity contribution in [1.82, 2.24) is 5.32 Å². The van der Waals surface area contributed by atoms with Gasteiger partial charge in [0.1, 0.15) is 6.23 Å². The van der Waals surface area contributed by atoms with E-state index in [9.17, 15) is 9.90 Å². The van der Waals surface area contributed by atoms with E-state index in [0.717, 1.165) is 12.1 Å². The van der Waals surface area contributed by atoms with Gasteiger partial charge >= 0.3 is 0 Å². The van der Waals surface area contributed by atoms with Gasteiger partial charge in [-0.05, 0) is 25.1 Å². The first-order chi connectivity index (χ1) is 8.22. The average Bonchev–Trinajstić information content (AvgIpc) is 2.37. The Morgan fingerprint density at radius 1 is 1.41 bits per heavy atom. The Morgan fingerprint density at radius 2 is 2.18 bits per heavy atom. The van der Waals surface area contributed by atoms with E-state index in [0.29, 0.717) is 19.4 Å². The average molecular weight is 234 g/mol. The number of benzene rings is 1. The molecule has 1 aliphatic rings. The summed E-state index contributed by atoms with van der Waals surface area (Å²) in [5, 5.41) is 12.2. The first-order valence-corrected chi connectivity index (χ1v) is 5.96. The summed E-state index contributed by atoms with van der Waals surface area (Å²) >= 11 is 0. The van der Waals surface area contributed by atoms with Gasteiger partial charge in [-0.15, -0.1) is 0 Å². The molecule has 1 atom stereocenters. The van der Waals surface area contributed by atoms with E-state index >= 15 is 0 Å². The van der Waals surface area contributed by atoms with Gasteiger partial charge in [0.25, 0.3) is 0 Å². The molecule has 1 amide bonds. The van der Waals surface area contributed by atoms with Crippen LogP contribution in [0.5, 0.6) is 0 Å². The van der Waals surface area contributed by atoms with Crippen LogP contribution in [0.3, 0.4) is 0 Å². The summed E-state index contributed by atoms with van der Waals surface area (Å²) in [6.07, 6.45) is 1.36. The van der Waals surface area contributed by atoms with E-state index in [4.69, 9.17) is 0 Å². The molecule has 1 heterocycles. The summed E-state index contributed by atoms with van der Waals surface area (Å²) in [7, 11) is 1.70. The zero-order valence-corrected chi connectivity index (χ0v) is 10.0. The number of anilines is 1. The number of aliphatic hydroxyl groups is 1. The van der Waals surface area contributed by atoms with Gasteiger partial charge in [0, 0.05) is 25.1 Å². The lowest BCUT2D eigenvalue weighted by atomic mass is 10.0. The molecule has 4 nitrogen and oxygen atoms in total. The molecule has 0 saturated heterocycles. The fraction of sp³-hybridized carbons (Fsp3) is 0.462. The minimum Gasteiger partial charge on any atom is -0.379 e. The Hall–Kier alpha value is -1.39. The largest absolute Gasteiger partial charge is 0.379 e. The molecule has 0 aliphatic carbocycles. The minimum atomic E-state index is -0.558. The third-order valence-corrected chi connectivity index (χ3v) is 3.15. The van der Waals surface area contributed by atoms with Crippen LogP contribution >= 0.6 is 0 Å². The number of para-hydroxylation sites is 1. The van der Waals surface area contributed by atoms with Crippen molar-refractivity contribution >= 4 is 11.6 Å². The molecule has 1 aromatic rings. The van der Waals surface area contributed by atoms with E-state index in [-0.39, 0.29) is 5.91 Å². The third-order valence-electron chi connectivity index (χ3n) is 3.15. The highest BCUT2D eigenvalue weighted by atomic mass is 16.3. The van der Waals surface area contributed by atoms with E-state index in [2.05, 4.69) is 11.4 Å². The third kappa shape index (κ3) is 2.65. The van der Waals surface area contributed by atoms with Crippen molar-refractivity contribution in [3.05, 3.63) is 29.8 Å². The Balaban J connectivity index is 2.13. The molecule has 0 fully saturated rings. The van der Waals surface area contributed by atoms with E-state index < -0.39 is 6.23 Å². The van der Waals surface area contributed by atoms with Crippen LogP contribution in [-0.2, 0) is 11.2 Å². The molecule has 0 aromatic heterocycles. The van der Waals surface area contributed by atoms with Crippen LogP contribution in [0.25, 0.3) is 0 Å². The quantitative estimate of drug-likeness (QED) is 0.761. The predicted molar refractivity (Wildman–Crippen MR) is 66.8 cm³/mol. The first kappa shape index (κ1) is 12.1. The van der Waals surface area contributed by atoms with Gasteiger partial charge in [0.2, 0.25) is 5.91 Å². The summed E-state index contributed by atoms with van der Waals surface area (Å²) < 4.78 is 0. The van der Waals surface area contributed by atoms with Crippen LogP contribution in [0.2, 0.25) is 0 Å². The molecule has 1 unspecified atom stereocenters. The van der Waals surface area contributed by atoms with Crippen molar-refractivity contribution in [2.75, 3.05) is 18.5 Å². The first-order valence-electron chi connectivity index (χ1n) is 5.96. The number of nitrogens with zero attached hydrogens (tertiary/aromatic N) is 1. The number of carbonyl (C=O) groups is 1. The summed E-state index contributed by atoms with van der Waals surface area (Å²) in [6.45, 7) is 0.553. The van der Waals surface area contributed by atoms with Crippen molar-refractivity contribution in [2.45, 2.75) is 25.5 Å². The van der Waals surface area contributed by atoms with Crippen LogP contribution in [0.1, 0.15) is 18.4 Å². The number of nitrogens with one attached hydrogen (secondary N) is 1. The number of fused-ring (bicyclic) bond motifs is 1. The normalized spacial score (nSPS) is 16.8.